The summed E-state index contributed by atoms with van der Waals surface area (Å²) in [6.07, 6.45) is 1.10. The van der Waals surface area contributed by atoms with Gasteiger partial charge in [-0.1, -0.05) is 37.3 Å². The molecule has 1 heterocycles. The van der Waals surface area contributed by atoms with Crippen LogP contribution in [0.15, 0.2) is 46.9 Å². The second-order valence-electron chi connectivity index (χ2n) is 4.42. The molecule has 1 aromatic carbocycles. The van der Waals surface area contributed by atoms with E-state index in [0.717, 1.165) is 35.3 Å². The molecule has 0 aliphatic carbocycles. The van der Waals surface area contributed by atoms with Crippen LogP contribution < -0.4 is 5.32 Å². The van der Waals surface area contributed by atoms with E-state index in [-0.39, 0.29) is 6.04 Å². The van der Waals surface area contributed by atoms with Gasteiger partial charge in [-0.25, -0.2) is 0 Å². The van der Waals surface area contributed by atoms with E-state index in [9.17, 15) is 0 Å². The smallest absolute Gasteiger partial charge is 0.134 e. The Morgan fingerprint density at radius 1 is 1.41 bits per heavy atom. The van der Waals surface area contributed by atoms with Crippen molar-refractivity contribution in [3.8, 4) is 0 Å². The molecule has 90 valence electrons. The minimum absolute atomic E-state index is 0.113. The Balaban J connectivity index is 2.31. The molecule has 2 nitrogen and oxygen atoms in total. The molecule has 0 saturated carbocycles. The summed E-state index contributed by atoms with van der Waals surface area (Å²) in [7, 11) is 0. The van der Waals surface area contributed by atoms with Crippen molar-refractivity contribution in [1.29, 1.82) is 0 Å². The van der Waals surface area contributed by atoms with Gasteiger partial charge >= 0.3 is 0 Å². The van der Waals surface area contributed by atoms with Crippen LogP contribution in [-0.4, -0.2) is 6.54 Å². The molecule has 0 saturated heterocycles. The van der Waals surface area contributed by atoms with E-state index in [0.29, 0.717) is 0 Å². The van der Waals surface area contributed by atoms with Gasteiger partial charge in [-0.3, -0.25) is 0 Å². The maximum absolute atomic E-state index is 5.87. The van der Waals surface area contributed by atoms with Gasteiger partial charge in [0.05, 0.1) is 6.04 Å². The number of nitrogens with one attached hydrogen (secondary N) is 1. The van der Waals surface area contributed by atoms with Crippen LogP contribution in [0.3, 0.4) is 0 Å². The van der Waals surface area contributed by atoms with E-state index in [1.165, 1.54) is 0 Å². The fraction of sp³-hybridized carbons (Fsp3) is 0.333. The maximum atomic E-state index is 5.87. The van der Waals surface area contributed by atoms with Crippen LogP contribution in [0, 0.1) is 0 Å². The standard InChI is InChI=1S/C15H19NO/c1-4-9-16-15(11(2)3)14-10-12-7-5-6-8-13(12)17-14/h5-8,10,15-16H,2,4,9H2,1,3H3. The zero-order valence-electron chi connectivity index (χ0n) is 10.5. The third kappa shape index (κ3) is 2.59. The highest BCUT2D eigenvalue weighted by Gasteiger charge is 2.15. The quantitative estimate of drug-likeness (QED) is 0.782. The van der Waals surface area contributed by atoms with Crippen molar-refractivity contribution in [3.05, 3.63) is 48.2 Å². The Hall–Kier alpha value is -1.54. The van der Waals surface area contributed by atoms with Crippen molar-refractivity contribution >= 4 is 11.0 Å². The van der Waals surface area contributed by atoms with Gasteiger partial charge in [0, 0.05) is 5.39 Å². The summed E-state index contributed by atoms with van der Waals surface area (Å²) in [4.78, 5) is 0. The summed E-state index contributed by atoms with van der Waals surface area (Å²) in [6, 6.07) is 10.3. The Kier molecular flexibility index (Phi) is 3.64. The van der Waals surface area contributed by atoms with Crippen molar-refractivity contribution in [3.63, 3.8) is 0 Å². The summed E-state index contributed by atoms with van der Waals surface area (Å²) < 4.78 is 5.87. The summed E-state index contributed by atoms with van der Waals surface area (Å²) in [5.74, 6) is 0.951. The van der Waals surface area contributed by atoms with E-state index in [4.69, 9.17) is 4.42 Å². The van der Waals surface area contributed by atoms with Gasteiger partial charge < -0.3 is 9.73 Å². The molecule has 2 aromatic rings. The Bertz CT molecular complexity index is 479. The lowest BCUT2D eigenvalue weighted by Gasteiger charge is -2.15. The number of hydrogen-bond acceptors (Lipinski definition) is 2. The molecule has 0 amide bonds. The van der Waals surface area contributed by atoms with Gasteiger partial charge in [0.1, 0.15) is 11.3 Å². The minimum Gasteiger partial charge on any atom is -0.459 e. The fourth-order valence-electron chi connectivity index (χ4n) is 1.95. The minimum atomic E-state index is 0.113. The molecule has 2 heteroatoms. The lowest BCUT2D eigenvalue weighted by Crippen LogP contribution is -2.22. The molecule has 17 heavy (non-hydrogen) atoms. The molecular formula is C15H19NO. The van der Waals surface area contributed by atoms with E-state index in [2.05, 4.69) is 31.0 Å². The lowest BCUT2D eigenvalue weighted by atomic mass is 10.1. The topological polar surface area (TPSA) is 25.2 Å². The first kappa shape index (κ1) is 11.9. The van der Waals surface area contributed by atoms with Gasteiger partial charge in [0.25, 0.3) is 0 Å². The average molecular weight is 229 g/mol. The van der Waals surface area contributed by atoms with Crippen LogP contribution in [0.1, 0.15) is 32.1 Å². The van der Waals surface area contributed by atoms with E-state index >= 15 is 0 Å². The Labute approximate surface area is 102 Å². The Morgan fingerprint density at radius 3 is 2.82 bits per heavy atom. The van der Waals surface area contributed by atoms with Gasteiger partial charge in [0.15, 0.2) is 0 Å². The first-order chi connectivity index (χ1) is 8.22. The molecule has 0 aliphatic heterocycles. The largest absolute Gasteiger partial charge is 0.459 e. The molecule has 0 fully saturated rings. The van der Waals surface area contributed by atoms with Gasteiger partial charge in [-0.15, -0.1) is 0 Å². The molecule has 1 N–H and O–H groups in total. The van der Waals surface area contributed by atoms with Crippen LogP contribution in [-0.2, 0) is 0 Å². The molecule has 1 aromatic heterocycles. The number of para-hydroxylation sites is 1. The summed E-state index contributed by atoms with van der Waals surface area (Å²) >= 11 is 0. The zero-order valence-corrected chi connectivity index (χ0v) is 10.5. The predicted molar refractivity (Wildman–Crippen MR) is 72.1 cm³/mol. The first-order valence-corrected chi connectivity index (χ1v) is 6.09. The molecule has 2 rings (SSSR count). The zero-order chi connectivity index (χ0) is 12.3. The van der Waals surface area contributed by atoms with Gasteiger partial charge in [0.2, 0.25) is 0 Å². The molecule has 0 aliphatic rings. The van der Waals surface area contributed by atoms with Crippen LogP contribution in [0.4, 0.5) is 0 Å². The summed E-state index contributed by atoms with van der Waals surface area (Å²) in [5, 5.41) is 4.60. The molecular weight excluding hydrogens is 210 g/mol. The normalized spacial score (nSPS) is 12.8. The number of hydrogen-bond donors (Lipinski definition) is 1. The predicted octanol–water partition coefficient (Wildman–Crippen LogP) is 4.05. The lowest BCUT2D eigenvalue weighted by molar-refractivity contribution is 0.465. The number of furan rings is 1. The third-order valence-electron chi connectivity index (χ3n) is 2.82. The van der Waals surface area contributed by atoms with Crippen LogP contribution in [0.25, 0.3) is 11.0 Å². The van der Waals surface area contributed by atoms with E-state index < -0.39 is 0 Å². The monoisotopic (exact) mass is 229 g/mol. The second kappa shape index (κ2) is 5.19. The van der Waals surface area contributed by atoms with Crippen molar-refractivity contribution < 1.29 is 4.42 Å². The van der Waals surface area contributed by atoms with Crippen molar-refractivity contribution in [2.45, 2.75) is 26.3 Å². The highest BCUT2D eigenvalue weighted by atomic mass is 16.3. The van der Waals surface area contributed by atoms with Crippen LogP contribution >= 0.6 is 0 Å². The highest BCUT2D eigenvalue weighted by molar-refractivity contribution is 5.77. The first-order valence-electron chi connectivity index (χ1n) is 6.09. The molecule has 0 bridgehead atoms. The number of benzene rings is 1. The number of fused-ring (bicyclic) bond motifs is 1. The van der Waals surface area contributed by atoms with Gasteiger partial charge in [-0.05, 0) is 32.0 Å². The second-order valence-corrected chi connectivity index (χ2v) is 4.42. The van der Waals surface area contributed by atoms with Crippen molar-refractivity contribution in [1.82, 2.24) is 5.32 Å². The summed E-state index contributed by atoms with van der Waals surface area (Å²) in [6.45, 7) is 9.18. The van der Waals surface area contributed by atoms with Crippen molar-refractivity contribution in [2.75, 3.05) is 6.54 Å². The fourth-order valence-corrected chi connectivity index (χ4v) is 1.95. The molecule has 1 atom stereocenters. The van der Waals surface area contributed by atoms with E-state index in [1.807, 2.05) is 25.1 Å². The third-order valence-corrected chi connectivity index (χ3v) is 2.82. The highest BCUT2D eigenvalue weighted by Crippen LogP contribution is 2.27. The average Bonchev–Trinajstić information content (AvgIpc) is 2.72. The van der Waals surface area contributed by atoms with Crippen molar-refractivity contribution in [2.24, 2.45) is 0 Å². The Morgan fingerprint density at radius 2 is 2.18 bits per heavy atom. The summed E-state index contributed by atoms with van der Waals surface area (Å²) in [5.41, 5.74) is 2.02. The molecule has 1 unspecified atom stereocenters. The van der Waals surface area contributed by atoms with E-state index in [1.54, 1.807) is 0 Å². The SMILES string of the molecule is C=C(C)C(NCCC)c1cc2ccccc2o1. The van der Waals surface area contributed by atoms with Crippen LogP contribution in [0.5, 0.6) is 0 Å². The van der Waals surface area contributed by atoms with Gasteiger partial charge in [-0.2, -0.15) is 0 Å². The molecule has 0 spiro atoms. The molecule has 0 radical (unpaired) electrons. The maximum Gasteiger partial charge on any atom is 0.134 e. The number of rotatable bonds is 5. The van der Waals surface area contributed by atoms with Crippen LogP contribution in [0.2, 0.25) is 0 Å².